The molecule has 1 saturated heterocycles. The summed E-state index contributed by atoms with van der Waals surface area (Å²) in [4.78, 5) is 27.9. The van der Waals surface area contributed by atoms with Crippen LogP contribution in [0.2, 0.25) is 0 Å². The molecule has 1 N–H and O–H groups in total. The Labute approximate surface area is 143 Å². The summed E-state index contributed by atoms with van der Waals surface area (Å²) in [6.07, 6.45) is 7.12. The summed E-state index contributed by atoms with van der Waals surface area (Å²) in [6.45, 7) is 5.39. The molecule has 1 aliphatic heterocycles. The van der Waals surface area contributed by atoms with E-state index < -0.39 is 0 Å². The first kappa shape index (κ1) is 17.8. The van der Waals surface area contributed by atoms with Crippen LogP contribution in [0.15, 0.2) is 54.6 Å². The molecule has 0 bridgehead atoms. The van der Waals surface area contributed by atoms with E-state index in [1.807, 2.05) is 36.1 Å². The molecule has 5 heteroatoms. The lowest BCUT2D eigenvalue weighted by Crippen LogP contribution is -2.49. The van der Waals surface area contributed by atoms with Gasteiger partial charge in [0.05, 0.1) is 0 Å². The molecule has 24 heavy (non-hydrogen) atoms. The van der Waals surface area contributed by atoms with E-state index in [2.05, 4.69) is 22.3 Å². The quantitative estimate of drug-likeness (QED) is 0.642. The average Bonchev–Trinajstić information content (AvgIpc) is 2.63. The second-order valence-corrected chi connectivity index (χ2v) is 5.63. The second kappa shape index (κ2) is 9.55. The Kier molecular flexibility index (Phi) is 7.08. The average molecular weight is 327 g/mol. The first-order valence-corrected chi connectivity index (χ1v) is 8.35. The molecule has 1 heterocycles. The number of hydrogen-bond acceptors (Lipinski definition) is 3. The van der Waals surface area contributed by atoms with Crippen LogP contribution in [0, 0.1) is 0 Å². The zero-order chi connectivity index (χ0) is 17.2. The van der Waals surface area contributed by atoms with Crippen LogP contribution in [0.1, 0.15) is 13.3 Å². The van der Waals surface area contributed by atoms with Crippen molar-refractivity contribution in [3.63, 3.8) is 0 Å². The Balaban J connectivity index is 1.68. The van der Waals surface area contributed by atoms with E-state index in [1.54, 1.807) is 12.2 Å². The summed E-state index contributed by atoms with van der Waals surface area (Å²) in [6, 6.07) is 10.2. The SMILES string of the molecule is CC=CC=CC(=O)NCCC(=O)N1CCN(c2ccccc2)CC1. The van der Waals surface area contributed by atoms with E-state index in [-0.39, 0.29) is 11.8 Å². The van der Waals surface area contributed by atoms with Crippen molar-refractivity contribution in [2.75, 3.05) is 37.6 Å². The predicted molar refractivity (Wildman–Crippen MR) is 96.8 cm³/mol. The summed E-state index contributed by atoms with van der Waals surface area (Å²) in [5.74, 6) is -0.0738. The number of hydrogen-bond donors (Lipinski definition) is 1. The highest BCUT2D eigenvalue weighted by Gasteiger charge is 2.20. The van der Waals surface area contributed by atoms with E-state index in [9.17, 15) is 9.59 Å². The first-order chi connectivity index (χ1) is 11.7. The molecular formula is C19H25N3O2. The van der Waals surface area contributed by atoms with Crippen molar-refractivity contribution in [2.24, 2.45) is 0 Å². The predicted octanol–water partition coefficient (Wildman–Crippen LogP) is 1.97. The number of amides is 2. The number of piperazine rings is 1. The van der Waals surface area contributed by atoms with Crippen LogP contribution in [0.25, 0.3) is 0 Å². The summed E-state index contributed by atoms with van der Waals surface area (Å²) >= 11 is 0. The van der Waals surface area contributed by atoms with Crippen LogP contribution in [-0.4, -0.2) is 49.4 Å². The molecule has 1 aromatic carbocycles. The number of carbonyl (C=O) groups excluding carboxylic acids is 2. The van der Waals surface area contributed by atoms with Crippen LogP contribution in [0.3, 0.4) is 0 Å². The maximum atomic E-state index is 12.2. The third-order valence-electron chi connectivity index (χ3n) is 3.94. The molecule has 128 valence electrons. The minimum Gasteiger partial charge on any atom is -0.368 e. The highest BCUT2D eigenvalue weighted by Crippen LogP contribution is 2.15. The summed E-state index contributed by atoms with van der Waals surface area (Å²) < 4.78 is 0. The lowest BCUT2D eigenvalue weighted by molar-refractivity contribution is -0.131. The van der Waals surface area contributed by atoms with Gasteiger partial charge in [-0.15, -0.1) is 0 Å². The fraction of sp³-hybridized carbons (Fsp3) is 0.368. The third-order valence-corrected chi connectivity index (χ3v) is 3.94. The summed E-state index contributed by atoms with van der Waals surface area (Å²) in [5.41, 5.74) is 1.20. The molecule has 5 nitrogen and oxygen atoms in total. The summed E-state index contributed by atoms with van der Waals surface area (Å²) in [7, 11) is 0. The van der Waals surface area contributed by atoms with E-state index in [1.165, 1.54) is 11.8 Å². The number of allylic oxidation sites excluding steroid dienone is 3. The van der Waals surface area contributed by atoms with Crippen LogP contribution in [0.5, 0.6) is 0 Å². The normalized spacial score (nSPS) is 15.2. The molecule has 0 aliphatic carbocycles. The molecule has 2 rings (SSSR count). The monoisotopic (exact) mass is 327 g/mol. The zero-order valence-electron chi connectivity index (χ0n) is 14.1. The topological polar surface area (TPSA) is 52.7 Å². The number of carbonyl (C=O) groups is 2. The van der Waals surface area contributed by atoms with Gasteiger partial charge < -0.3 is 15.1 Å². The molecular weight excluding hydrogens is 302 g/mol. The van der Waals surface area contributed by atoms with Crippen molar-refractivity contribution < 1.29 is 9.59 Å². The third kappa shape index (κ3) is 5.57. The largest absolute Gasteiger partial charge is 0.368 e. The molecule has 1 aromatic rings. The molecule has 1 aliphatic rings. The van der Waals surface area contributed by atoms with Crippen molar-refractivity contribution in [1.29, 1.82) is 0 Å². The number of para-hydroxylation sites is 1. The second-order valence-electron chi connectivity index (χ2n) is 5.63. The van der Waals surface area contributed by atoms with E-state index in [0.717, 1.165) is 26.2 Å². The van der Waals surface area contributed by atoms with Gasteiger partial charge in [0.1, 0.15) is 0 Å². The number of anilines is 1. The Hall–Kier alpha value is -2.56. The van der Waals surface area contributed by atoms with Gasteiger partial charge in [-0.1, -0.05) is 36.4 Å². The highest BCUT2D eigenvalue weighted by molar-refractivity contribution is 5.88. The lowest BCUT2D eigenvalue weighted by atomic mass is 10.2. The number of nitrogens with one attached hydrogen (secondary N) is 1. The van der Waals surface area contributed by atoms with Gasteiger partial charge >= 0.3 is 0 Å². The standard InChI is InChI=1S/C19H25N3O2/c1-2-3-5-10-18(23)20-12-11-19(24)22-15-13-21(14-16-22)17-8-6-4-7-9-17/h2-10H,11-16H2,1H3,(H,20,23). The Morgan fingerprint density at radius 2 is 1.79 bits per heavy atom. The van der Waals surface area contributed by atoms with Crippen molar-refractivity contribution in [3.05, 3.63) is 54.6 Å². The number of nitrogens with zero attached hydrogens (tertiary/aromatic N) is 2. The van der Waals surface area contributed by atoms with Crippen molar-refractivity contribution >= 4 is 17.5 Å². The van der Waals surface area contributed by atoms with Gasteiger partial charge in [-0.2, -0.15) is 0 Å². The molecule has 0 spiro atoms. The van der Waals surface area contributed by atoms with Crippen LogP contribution in [0.4, 0.5) is 5.69 Å². The molecule has 0 radical (unpaired) electrons. The Bertz CT molecular complexity index is 588. The van der Waals surface area contributed by atoms with Crippen LogP contribution in [-0.2, 0) is 9.59 Å². The van der Waals surface area contributed by atoms with Gasteiger partial charge in [-0.3, -0.25) is 9.59 Å². The minimum atomic E-state index is -0.171. The molecule has 0 saturated carbocycles. The van der Waals surface area contributed by atoms with E-state index in [0.29, 0.717) is 13.0 Å². The smallest absolute Gasteiger partial charge is 0.243 e. The molecule has 1 fully saturated rings. The summed E-state index contributed by atoms with van der Waals surface area (Å²) in [5, 5.41) is 2.73. The zero-order valence-corrected chi connectivity index (χ0v) is 14.1. The Morgan fingerprint density at radius 3 is 2.46 bits per heavy atom. The molecule has 0 atom stereocenters. The number of benzene rings is 1. The lowest BCUT2D eigenvalue weighted by Gasteiger charge is -2.36. The maximum absolute atomic E-state index is 12.2. The van der Waals surface area contributed by atoms with Crippen molar-refractivity contribution in [1.82, 2.24) is 10.2 Å². The first-order valence-electron chi connectivity index (χ1n) is 8.35. The number of rotatable bonds is 6. The van der Waals surface area contributed by atoms with Crippen LogP contribution >= 0.6 is 0 Å². The molecule has 0 unspecified atom stereocenters. The van der Waals surface area contributed by atoms with E-state index in [4.69, 9.17) is 0 Å². The van der Waals surface area contributed by atoms with E-state index >= 15 is 0 Å². The maximum Gasteiger partial charge on any atom is 0.243 e. The highest BCUT2D eigenvalue weighted by atomic mass is 16.2. The van der Waals surface area contributed by atoms with Gasteiger partial charge in [-0.25, -0.2) is 0 Å². The fourth-order valence-corrected chi connectivity index (χ4v) is 2.62. The van der Waals surface area contributed by atoms with Crippen LogP contribution < -0.4 is 10.2 Å². The van der Waals surface area contributed by atoms with Gasteiger partial charge in [0.2, 0.25) is 11.8 Å². The van der Waals surface area contributed by atoms with Gasteiger partial charge in [-0.05, 0) is 19.1 Å². The van der Waals surface area contributed by atoms with Gasteiger partial charge in [0, 0.05) is 50.9 Å². The fourth-order valence-electron chi connectivity index (χ4n) is 2.62. The van der Waals surface area contributed by atoms with Crippen molar-refractivity contribution in [2.45, 2.75) is 13.3 Å². The molecule has 2 amide bonds. The van der Waals surface area contributed by atoms with Gasteiger partial charge in [0.25, 0.3) is 0 Å². The Morgan fingerprint density at radius 1 is 1.08 bits per heavy atom. The molecule has 0 aromatic heterocycles. The minimum absolute atomic E-state index is 0.0976. The van der Waals surface area contributed by atoms with Crippen molar-refractivity contribution in [3.8, 4) is 0 Å². The van der Waals surface area contributed by atoms with Gasteiger partial charge in [0.15, 0.2) is 0 Å².